The summed E-state index contributed by atoms with van der Waals surface area (Å²) in [7, 11) is 1.55. The van der Waals surface area contributed by atoms with Gasteiger partial charge in [0.1, 0.15) is 12.0 Å². The summed E-state index contributed by atoms with van der Waals surface area (Å²) in [5.74, 6) is -0.159. The highest BCUT2D eigenvalue weighted by molar-refractivity contribution is 6.30. The highest BCUT2D eigenvalue weighted by Gasteiger charge is 2.36. The molecule has 0 aliphatic heterocycles. The van der Waals surface area contributed by atoms with E-state index in [1.807, 2.05) is 0 Å². The first kappa shape index (κ1) is 24.3. The number of carbonyl (C=O) groups is 1. The van der Waals surface area contributed by atoms with Gasteiger partial charge < -0.3 is 19.5 Å². The molecule has 0 saturated heterocycles. The van der Waals surface area contributed by atoms with Crippen LogP contribution in [0.4, 0.5) is 13.2 Å². The number of primary amides is 1. The molecule has 4 rings (SSSR count). The molecular weight excluding hydrogens is 487 g/mol. The van der Waals surface area contributed by atoms with E-state index in [0.717, 1.165) is 12.3 Å². The minimum Gasteiger partial charge on any atom is -0.479 e. The van der Waals surface area contributed by atoms with Gasteiger partial charge in [-0.15, -0.1) is 10.2 Å². The van der Waals surface area contributed by atoms with Crippen LogP contribution in [0, 0.1) is 0 Å². The Balaban J connectivity index is 1.73. The van der Waals surface area contributed by atoms with Gasteiger partial charge in [-0.2, -0.15) is 13.2 Å². The fraction of sp³-hybridized carbons (Fsp3) is 0.217. The van der Waals surface area contributed by atoms with Crippen molar-refractivity contribution in [2.45, 2.75) is 25.6 Å². The number of alkyl halides is 3. The predicted octanol–water partition coefficient (Wildman–Crippen LogP) is 5.22. The summed E-state index contributed by atoms with van der Waals surface area (Å²) in [6, 6.07) is 9.82. The van der Waals surface area contributed by atoms with Gasteiger partial charge in [-0.25, -0.2) is 4.98 Å². The second-order valence-electron chi connectivity index (χ2n) is 8.10. The predicted molar refractivity (Wildman–Crippen MR) is 121 cm³/mol. The van der Waals surface area contributed by atoms with Gasteiger partial charge in [0.15, 0.2) is 22.9 Å². The zero-order chi connectivity index (χ0) is 25.5. The largest absolute Gasteiger partial charge is 0.479 e. The highest BCUT2D eigenvalue weighted by Crippen LogP contribution is 2.39. The first-order valence-corrected chi connectivity index (χ1v) is 10.6. The molecule has 0 radical (unpaired) electrons. The maximum atomic E-state index is 13.5. The molecule has 0 aliphatic carbocycles. The average molecular weight is 506 g/mol. The number of rotatable bonds is 6. The third kappa shape index (κ3) is 4.72. The zero-order valence-corrected chi connectivity index (χ0v) is 19.5. The van der Waals surface area contributed by atoms with Gasteiger partial charge in [0.25, 0.3) is 5.91 Å². The van der Waals surface area contributed by atoms with Crippen LogP contribution in [0.1, 0.15) is 35.7 Å². The van der Waals surface area contributed by atoms with Gasteiger partial charge in [-0.1, -0.05) is 29.8 Å². The van der Waals surface area contributed by atoms with Gasteiger partial charge in [0, 0.05) is 17.6 Å². The Kier molecular flexibility index (Phi) is 6.05. The summed E-state index contributed by atoms with van der Waals surface area (Å²) < 4.78 is 53.7. The maximum absolute atomic E-state index is 13.5. The van der Waals surface area contributed by atoms with Crippen molar-refractivity contribution in [1.29, 1.82) is 0 Å². The maximum Gasteiger partial charge on any atom is 0.417 e. The Labute approximate surface area is 202 Å². The Morgan fingerprint density at radius 3 is 2.49 bits per heavy atom. The number of oxazole rings is 1. The van der Waals surface area contributed by atoms with Crippen molar-refractivity contribution in [1.82, 2.24) is 19.7 Å². The lowest BCUT2D eigenvalue weighted by Crippen LogP contribution is -2.29. The number of aromatic nitrogens is 4. The van der Waals surface area contributed by atoms with E-state index < -0.39 is 23.2 Å². The average Bonchev–Trinajstić information content (AvgIpc) is 3.42. The minimum atomic E-state index is -4.56. The topological polar surface area (TPSA) is 109 Å². The molecule has 182 valence electrons. The van der Waals surface area contributed by atoms with Crippen molar-refractivity contribution in [2.75, 3.05) is 0 Å². The van der Waals surface area contributed by atoms with E-state index in [2.05, 4.69) is 15.2 Å². The zero-order valence-electron chi connectivity index (χ0n) is 18.7. The number of hydrogen-bond donors (Lipinski definition) is 1. The van der Waals surface area contributed by atoms with Gasteiger partial charge in [-0.3, -0.25) is 4.79 Å². The molecule has 4 aromatic rings. The van der Waals surface area contributed by atoms with E-state index in [4.69, 9.17) is 26.5 Å². The summed E-state index contributed by atoms with van der Waals surface area (Å²) in [5.41, 5.74) is 3.40. The van der Waals surface area contributed by atoms with E-state index in [9.17, 15) is 18.0 Å². The molecular formula is C23H19ClF3N5O3. The summed E-state index contributed by atoms with van der Waals surface area (Å²) in [5, 5.41) is 8.50. The molecule has 0 unspecified atom stereocenters. The molecule has 0 spiro atoms. The monoisotopic (exact) mass is 505 g/mol. The first-order valence-electron chi connectivity index (χ1n) is 10.2. The van der Waals surface area contributed by atoms with Crippen LogP contribution in [-0.4, -0.2) is 25.7 Å². The Morgan fingerprint density at radius 1 is 1.11 bits per heavy atom. The van der Waals surface area contributed by atoms with E-state index in [1.165, 1.54) is 28.8 Å². The van der Waals surface area contributed by atoms with Gasteiger partial charge >= 0.3 is 6.18 Å². The normalized spacial score (nSPS) is 12.1. The number of halogens is 4. The van der Waals surface area contributed by atoms with Crippen LogP contribution in [0.3, 0.4) is 0 Å². The molecule has 12 heteroatoms. The molecule has 0 saturated carbocycles. The molecule has 35 heavy (non-hydrogen) atoms. The molecule has 2 aromatic carbocycles. The van der Waals surface area contributed by atoms with Gasteiger partial charge in [0.05, 0.1) is 11.1 Å². The van der Waals surface area contributed by atoms with E-state index in [1.54, 1.807) is 33.0 Å². The van der Waals surface area contributed by atoms with Crippen LogP contribution < -0.4 is 10.5 Å². The van der Waals surface area contributed by atoms with Crippen molar-refractivity contribution in [3.63, 3.8) is 0 Å². The minimum absolute atomic E-state index is 0.0275. The molecule has 0 aliphatic rings. The fourth-order valence-electron chi connectivity index (χ4n) is 3.60. The van der Waals surface area contributed by atoms with Crippen molar-refractivity contribution >= 4 is 17.5 Å². The number of hydrogen-bond acceptors (Lipinski definition) is 6. The van der Waals surface area contributed by atoms with Gasteiger partial charge in [0.2, 0.25) is 5.89 Å². The fourth-order valence-corrected chi connectivity index (χ4v) is 3.77. The van der Waals surface area contributed by atoms with Crippen LogP contribution in [-0.2, 0) is 18.8 Å². The second-order valence-corrected chi connectivity index (χ2v) is 8.54. The van der Waals surface area contributed by atoms with Gasteiger partial charge in [-0.05, 0) is 38.1 Å². The lowest BCUT2D eigenvalue weighted by molar-refractivity contribution is -0.137. The summed E-state index contributed by atoms with van der Waals surface area (Å²) in [4.78, 5) is 15.5. The third-order valence-corrected chi connectivity index (χ3v) is 5.42. The molecule has 0 bridgehead atoms. The van der Waals surface area contributed by atoms with Crippen molar-refractivity contribution in [2.24, 2.45) is 12.8 Å². The van der Waals surface area contributed by atoms with Crippen LogP contribution in [0.15, 0.2) is 53.1 Å². The van der Waals surface area contributed by atoms with E-state index in [0.29, 0.717) is 10.6 Å². The number of ether oxygens (including phenoxy) is 1. The Bertz CT molecular complexity index is 1410. The Hall–Kier alpha value is -3.86. The van der Waals surface area contributed by atoms with Crippen LogP contribution in [0.25, 0.3) is 22.8 Å². The van der Waals surface area contributed by atoms with Crippen LogP contribution >= 0.6 is 11.6 Å². The molecule has 2 heterocycles. The molecule has 8 nitrogen and oxygen atoms in total. The van der Waals surface area contributed by atoms with Crippen LogP contribution in [0.5, 0.6) is 5.75 Å². The van der Waals surface area contributed by atoms with E-state index >= 15 is 0 Å². The number of nitrogens with two attached hydrogens (primary N) is 1. The number of amides is 1. The molecule has 0 fully saturated rings. The summed E-state index contributed by atoms with van der Waals surface area (Å²) in [6.45, 7) is 3.36. The molecule has 0 atom stereocenters. The third-order valence-electron chi connectivity index (χ3n) is 5.18. The lowest BCUT2D eigenvalue weighted by Gasteiger charge is -2.26. The summed E-state index contributed by atoms with van der Waals surface area (Å²) in [6.07, 6.45) is -3.45. The van der Waals surface area contributed by atoms with Crippen LogP contribution in [0.2, 0.25) is 5.02 Å². The van der Waals surface area contributed by atoms with Crippen molar-refractivity contribution in [3.8, 4) is 28.6 Å². The standard InChI is InChI=1S/C23H19ClF3N5O3/c1-22(2,21-31-30-19(32(21)3)13-6-4-5-7-15(13)23(25,26)27)35-17-9-8-12(24)10-14(17)20-29-16(11-34-20)18(28)33/h4-11H,1-3H3,(H2,28,33). The lowest BCUT2D eigenvalue weighted by atomic mass is 10.1. The van der Waals surface area contributed by atoms with Crippen molar-refractivity contribution < 1.29 is 27.1 Å². The summed E-state index contributed by atoms with van der Waals surface area (Å²) >= 11 is 6.14. The van der Waals surface area contributed by atoms with Crippen molar-refractivity contribution in [3.05, 3.63) is 70.8 Å². The Morgan fingerprint density at radius 2 is 1.83 bits per heavy atom. The quantitative estimate of drug-likeness (QED) is 0.384. The first-order chi connectivity index (χ1) is 16.4. The number of carbonyl (C=O) groups excluding carboxylic acids is 1. The molecule has 2 aromatic heterocycles. The smallest absolute Gasteiger partial charge is 0.417 e. The highest BCUT2D eigenvalue weighted by atomic mass is 35.5. The second kappa shape index (κ2) is 8.73. The van der Waals surface area contributed by atoms with E-state index in [-0.39, 0.29) is 34.5 Å². The number of benzene rings is 2. The SMILES string of the molecule is Cn1c(-c2ccccc2C(F)(F)F)nnc1C(C)(C)Oc1ccc(Cl)cc1-c1nc(C(N)=O)co1. The molecule has 2 N–H and O–H groups in total. The number of nitrogens with zero attached hydrogens (tertiary/aromatic N) is 4. The molecule has 1 amide bonds.